The molecule has 0 aromatic heterocycles. The number of thiocarbonyl (C=S) groups is 1. The van der Waals surface area contributed by atoms with E-state index in [4.69, 9.17) is 21.7 Å². The summed E-state index contributed by atoms with van der Waals surface area (Å²) in [6.45, 7) is 5.23. The van der Waals surface area contributed by atoms with E-state index in [1.54, 1.807) is 23.1 Å². The van der Waals surface area contributed by atoms with Crippen LogP contribution in [0.25, 0.3) is 6.08 Å². The minimum absolute atomic E-state index is 0.133. The third-order valence-electron chi connectivity index (χ3n) is 4.35. The Morgan fingerprint density at radius 3 is 2.60 bits per heavy atom. The normalized spacial score (nSPS) is 14.9. The lowest BCUT2D eigenvalue weighted by Crippen LogP contribution is -2.31. The molecule has 2 aromatic rings. The predicted octanol–water partition coefficient (Wildman–Crippen LogP) is 4.88. The van der Waals surface area contributed by atoms with E-state index in [1.165, 1.54) is 12.1 Å². The molecule has 1 N–H and O–H groups in total. The molecule has 0 spiro atoms. The van der Waals surface area contributed by atoms with Crippen LogP contribution in [0.15, 0.2) is 42.1 Å². The Labute approximate surface area is 194 Å². The standard InChI is InChI=1S/C22H22FIN2O3S/c1-3-9-26-21(27)18(25-22(26)30)11-15-10-17(24)20(19(12-15)28-4-2)29-13-14-5-7-16(23)8-6-14/h5-8,10-12H,3-4,9,13H2,1-2H3,(H,25,30)/b18-11-. The van der Waals surface area contributed by atoms with Crippen molar-refractivity contribution in [2.75, 3.05) is 13.2 Å². The second-order valence-corrected chi connectivity index (χ2v) is 8.17. The molecule has 158 valence electrons. The van der Waals surface area contributed by atoms with Crippen molar-refractivity contribution in [2.24, 2.45) is 0 Å². The third kappa shape index (κ3) is 5.28. The average molecular weight is 540 g/mol. The summed E-state index contributed by atoms with van der Waals surface area (Å²) in [6, 6.07) is 9.92. The number of amides is 1. The van der Waals surface area contributed by atoms with Gasteiger partial charge in [-0.15, -0.1) is 0 Å². The molecule has 1 heterocycles. The first-order chi connectivity index (χ1) is 14.4. The Kier molecular flexibility index (Phi) is 7.65. The zero-order valence-electron chi connectivity index (χ0n) is 16.7. The van der Waals surface area contributed by atoms with Gasteiger partial charge in [0.25, 0.3) is 5.91 Å². The van der Waals surface area contributed by atoms with Gasteiger partial charge in [0.15, 0.2) is 16.6 Å². The van der Waals surface area contributed by atoms with Gasteiger partial charge in [0.2, 0.25) is 0 Å². The molecule has 1 amide bonds. The molecule has 1 aliphatic rings. The maximum atomic E-state index is 13.1. The van der Waals surface area contributed by atoms with Gasteiger partial charge in [-0.05, 0) is 89.6 Å². The molecule has 1 aliphatic heterocycles. The number of ether oxygens (including phenoxy) is 2. The minimum atomic E-state index is -0.284. The molecule has 1 saturated heterocycles. The van der Waals surface area contributed by atoms with Crippen molar-refractivity contribution in [1.82, 2.24) is 10.2 Å². The third-order valence-corrected chi connectivity index (χ3v) is 5.47. The van der Waals surface area contributed by atoms with Crippen LogP contribution in [0, 0.1) is 9.39 Å². The zero-order valence-corrected chi connectivity index (χ0v) is 19.7. The van der Waals surface area contributed by atoms with Crippen molar-refractivity contribution in [3.8, 4) is 11.5 Å². The van der Waals surface area contributed by atoms with E-state index in [0.717, 1.165) is 21.1 Å². The van der Waals surface area contributed by atoms with Gasteiger partial charge in [0.05, 0.1) is 10.2 Å². The van der Waals surface area contributed by atoms with Crippen LogP contribution in [0.3, 0.4) is 0 Å². The predicted molar refractivity (Wildman–Crippen MR) is 127 cm³/mol. The molecule has 0 aliphatic carbocycles. The van der Waals surface area contributed by atoms with Crippen LogP contribution in [0.2, 0.25) is 0 Å². The zero-order chi connectivity index (χ0) is 21.7. The summed E-state index contributed by atoms with van der Waals surface area (Å²) in [5, 5.41) is 3.41. The van der Waals surface area contributed by atoms with Crippen LogP contribution in [0.1, 0.15) is 31.4 Å². The molecule has 8 heteroatoms. The Bertz CT molecular complexity index is 979. The number of nitrogens with zero attached hydrogens (tertiary/aromatic N) is 1. The molecule has 0 bridgehead atoms. The first-order valence-electron chi connectivity index (χ1n) is 9.61. The second-order valence-electron chi connectivity index (χ2n) is 6.62. The molecule has 0 radical (unpaired) electrons. The summed E-state index contributed by atoms with van der Waals surface area (Å²) < 4.78 is 25.7. The monoisotopic (exact) mass is 540 g/mol. The Hall–Kier alpha value is -2.20. The van der Waals surface area contributed by atoms with Crippen molar-refractivity contribution < 1.29 is 18.7 Å². The number of halogens is 2. The van der Waals surface area contributed by atoms with Gasteiger partial charge < -0.3 is 14.8 Å². The average Bonchev–Trinajstić information content (AvgIpc) is 2.97. The molecule has 0 saturated carbocycles. The fraction of sp³-hybridized carbons (Fsp3) is 0.273. The highest BCUT2D eigenvalue weighted by Crippen LogP contribution is 2.35. The van der Waals surface area contributed by atoms with Crippen molar-refractivity contribution in [3.63, 3.8) is 0 Å². The molecule has 30 heavy (non-hydrogen) atoms. The van der Waals surface area contributed by atoms with E-state index < -0.39 is 0 Å². The first-order valence-corrected chi connectivity index (χ1v) is 11.1. The highest BCUT2D eigenvalue weighted by Gasteiger charge is 2.29. The number of hydrogen-bond donors (Lipinski definition) is 1. The molecule has 5 nitrogen and oxygen atoms in total. The Balaban J connectivity index is 1.85. The van der Waals surface area contributed by atoms with Gasteiger partial charge >= 0.3 is 0 Å². The second kappa shape index (κ2) is 10.2. The van der Waals surface area contributed by atoms with Gasteiger partial charge in [-0.2, -0.15) is 0 Å². The van der Waals surface area contributed by atoms with Crippen molar-refractivity contribution in [3.05, 3.63) is 62.6 Å². The largest absolute Gasteiger partial charge is 0.490 e. The van der Waals surface area contributed by atoms with Gasteiger partial charge in [0, 0.05) is 6.54 Å². The molecule has 0 unspecified atom stereocenters. The molecule has 0 atom stereocenters. The number of benzene rings is 2. The van der Waals surface area contributed by atoms with Gasteiger partial charge in [-0.3, -0.25) is 9.69 Å². The number of nitrogens with one attached hydrogen (secondary N) is 1. The summed E-state index contributed by atoms with van der Waals surface area (Å²) in [5.41, 5.74) is 2.09. The lowest BCUT2D eigenvalue weighted by molar-refractivity contribution is -0.122. The van der Waals surface area contributed by atoms with Crippen LogP contribution in [-0.2, 0) is 11.4 Å². The van der Waals surface area contributed by atoms with E-state index in [2.05, 4.69) is 27.9 Å². The topological polar surface area (TPSA) is 50.8 Å². The SMILES string of the molecule is CCCN1C(=O)/C(=C/c2cc(I)c(OCc3ccc(F)cc3)c(OCC)c2)NC1=S. The van der Waals surface area contributed by atoms with E-state index in [9.17, 15) is 9.18 Å². The minimum Gasteiger partial charge on any atom is -0.490 e. The Morgan fingerprint density at radius 2 is 1.93 bits per heavy atom. The first kappa shape index (κ1) is 22.5. The van der Waals surface area contributed by atoms with E-state index in [-0.39, 0.29) is 18.3 Å². The summed E-state index contributed by atoms with van der Waals surface area (Å²) in [5.74, 6) is 0.772. The maximum absolute atomic E-state index is 13.1. The van der Waals surface area contributed by atoms with Gasteiger partial charge in [-0.25, -0.2) is 4.39 Å². The summed E-state index contributed by atoms with van der Waals surface area (Å²) >= 11 is 7.44. The van der Waals surface area contributed by atoms with Crippen LogP contribution >= 0.6 is 34.8 Å². The fourth-order valence-electron chi connectivity index (χ4n) is 2.98. The van der Waals surface area contributed by atoms with E-state index in [1.807, 2.05) is 26.0 Å². The quantitative estimate of drug-likeness (QED) is 0.294. The molecule has 2 aromatic carbocycles. The fourth-order valence-corrected chi connectivity index (χ4v) is 4.04. The Morgan fingerprint density at radius 1 is 1.20 bits per heavy atom. The van der Waals surface area contributed by atoms with Crippen molar-refractivity contribution in [2.45, 2.75) is 26.9 Å². The van der Waals surface area contributed by atoms with Crippen LogP contribution in [-0.4, -0.2) is 29.1 Å². The van der Waals surface area contributed by atoms with Crippen LogP contribution in [0.5, 0.6) is 11.5 Å². The molecular weight excluding hydrogens is 518 g/mol. The van der Waals surface area contributed by atoms with Crippen LogP contribution in [0.4, 0.5) is 4.39 Å². The van der Waals surface area contributed by atoms with Gasteiger partial charge in [-0.1, -0.05) is 19.1 Å². The highest BCUT2D eigenvalue weighted by molar-refractivity contribution is 14.1. The van der Waals surface area contributed by atoms with Crippen molar-refractivity contribution >= 4 is 51.9 Å². The summed E-state index contributed by atoms with van der Waals surface area (Å²) in [6.07, 6.45) is 2.59. The maximum Gasteiger partial charge on any atom is 0.276 e. The van der Waals surface area contributed by atoms with Gasteiger partial charge in [0.1, 0.15) is 18.1 Å². The lowest BCUT2D eigenvalue weighted by atomic mass is 10.1. The number of carbonyl (C=O) groups excluding carboxylic acids is 1. The summed E-state index contributed by atoms with van der Waals surface area (Å²) in [4.78, 5) is 14.1. The molecule has 3 rings (SSSR count). The van der Waals surface area contributed by atoms with E-state index >= 15 is 0 Å². The lowest BCUT2D eigenvalue weighted by Gasteiger charge is -2.15. The van der Waals surface area contributed by atoms with Crippen LogP contribution < -0.4 is 14.8 Å². The van der Waals surface area contributed by atoms with Crippen molar-refractivity contribution in [1.29, 1.82) is 0 Å². The smallest absolute Gasteiger partial charge is 0.276 e. The molecular formula is C22H22FIN2O3S. The van der Waals surface area contributed by atoms with E-state index in [0.29, 0.717) is 35.5 Å². The number of rotatable bonds is 8. The highest BCUT2D eigenvalue weighted by atomic mass is 127. The molecule has 1 fully saturated rings. The number of hydrogen-bond acceptors (Lipinski definition) is 4. The summed E-state index contributed by atoms with van der Waals surface area (Å²) in [7, 11) is 0. The number of carbonyl (C=O) groups is 1.